The first-order valence-electron chi connectivity index (χ1n) is 6.07. The predicted octanol–water partition coefficient (Wildman–Crippen LogP) is 3.52. The Morgan fingerprint density at radius 3 is 2.38 bits per heavy atom. The van der Waals surface area contributed by atoms with Crippen LogP contribution < -0.4 is 4.74 Å². The molecule has 1 aromatic rings. The average molecular weight is 222 g/mol. The number of hydrogen-bond acceptors (Lipinski definition) is 3. The molecule has 0 aromatic carbocycles. The number of unbranched alkanes of at least 4 members (excludes halogenated alkanes) is 1. The van der Waals surface area contributed by atoms with Gasteiger partial charge in [-0.05, 0) is 33.1 Å². The molecule has 16 heavy (non-hydrogen) atoms. The van der Waals surface area contributed by atoms with E-state index in [1.807, 2.05) is 6.92 Å². The minimum Gasteiger partial charge on any atom is -0.484 e. The van der Waals surface area contributed by atoms with Gasteiger partial charge >= 0.3 is 0 Å². The van der Waals surface area contributed by atoms with Crippen molar-refractivity contribution in [2.45, 2.75) is 59.0 Å². The minimum atomic E-state index is -0.0887. The molecule has 0 radical (unpaired) electrons. The van der Waals surface area contributed by atoms with Crippen LogP contribution >= 0.6 is 0 Å². The maximum atomic E-state index is 5.98. The lowest BCUT2D eigenvalue weighted by Crippen LogP contribution is -2.31. The number of hydrogen-bond donors (Lipinski definition) is 0. The van der Waals surface area contributed by atoms with E-state index >= 15 is 0 Å². The van der Waals surface area contributed by atoms with Gasteiger partial charge in [0.15, 0.2) is 5.75 Å². The molecule has 1 heterocycles. The first-order chi connectivity index (χ1) is 7.59. The Kier molecular flexibility index (Phi) is 4.71. The van der Waals surface area contributed by atoms with Gasteiger partial charge in [0.05, 0.1) is 12.4 Å². The molecule has 0 spiro atoms. The van der Waals surface area contributed by atoms with E-state index in [0.717, 1.165) is 24.4 Å². The molecule has 3 nitrogen and oxygen atoms in total. The monoisotopic (exact) mass is 222 g/mol. The highest BCUT2D eigenvalue weighted by molar-refractivity contribution is 5.13. The summed E-state index contributed by atoms with van der Waals surface area (Å²) >= 11 is 0. The molecule has 1 aromatic heterocycles. The van der Waals surface area contributed by atoms with Gasteiger partial charge in [-0.2, -0.15) is 0 Å². The van der Waals surface area contributed by atoms with Crippen molar-refractivity contribution in [2.24, 2.45) is 0 Å². The molecule has 0 amide bonds. The normalized spacial score (nSPS) is 14.5. The second-order valence-electron chi connectivity index (χ2n) is 4.48. The van der Waals surface area contributed by atoms with Crippen molar-refractivity contribution in [2.75, 3.05) is 0 Å². The molecular formula is C13H22N2O. The fraction of sp³-hybridized carbons (Fsp3) is 0.692. The first kappa shape index (κ1) is 12.9. The van der Waals surface area contributed by atoms with Crippen LogP contribution in [0.4, 0.5) is 0 Å². The summed E-state index contributed by atoms with van der Waals surface area (Å²) in [5, 5.41) is 0. The van der Waals surface area contributed by atoms with Crippen molar-refractivity contribution < 1.29 is 4.74 Å². The minimum absolute atomic E-state index is 0.0887. The van der Waals surface area contributed by atoms with E-state index in [1.165, 1.54) is 12.8 Å². The van der Waals surface area contributed by atoms with E-state index in [1.54, 1.807) is 12.4 Å². The SMILES string of the molecule is CCCCC(C)(CC)Oc1cnc(C)nc1. The van der Waals surface area contributed by atoms with Crippen molar-refractivity contribution in [3.05, 3.63) is 18.2 Å². The Morgan fingerprint density at radius 2 is 1.88 bits per heavy atom. The summed E-state index contributed by atoms with van der Waals surface area (Å²) in [6, 6.07) is 0. The van der Waals surface area contributed by atoms with E-state index in [4.69, 9.17) is 4.74 Å². The number of ether oxygens (including phenoxy) is 1. The van der Waals surface area contributed by atoms with Gasteiger partial charge in [0, 0.05) is 0 Å². The zero-order valence-corrected chi connectivity index (χ0v) is 10.8. The summed E-state index contributed by atoms with van der Waals surface area (Å²) in [7, 11) is 0. The molecule has 90 valence electrons. The third-order valence-electron chi connectivity index (χ3n) is 2.93. The van der Waals surface area contributed by atoms with E-state index in [-0.39, 0.29) is 5.60 Å². The van der Waals surface area contributed by atoms with Gasteiger partial charge in [-0.15, -0.1) is 0 Å². The molecule has 0 saturated carbocycles. The molecule has 1 rings (SSSR count). The van der Waals surface area contributed by atoms with Crippen molar-refractivity contribution >= 4 is 0 Å². The predicted molar refractivity (Wildman–Crippen MR) is 65.6 cm³/mol. The van der Waals surface area contributed by atoms with Crippen molar-refractivity contribution in [1.29, 1.82) is 0 Å². The maximum Gasteiger partial charge on any atom is 0.156 e. The molecule has 0 fully saturated rings. The van der Waals surface area contributed by atoms with Gasteiger partial charge in [-0.3, -0.25) is 0 Å². The molecule has 1 atom stereocenters. The van der Waals surface area contributed by atoms with Crippen LogP contribution in [-0.4, -0.2) is 15.6 Å². The average Bonchev–Trinajstić information content (AvgIpc) is 2.30. The molecular weight excluding hydrogens is 200 g/mol. The summed E-state index contributed by atoms with van der Waals surface area (Å²) in [5.41, 5.74) is -0.0887. The van der Waals surface area contributed by atoms with E-state index in [9.17, 15) is 0 Å². The van der Waals surface area contributed by atoms with Gasteiger partial charge in [0.25, 0.3) is 0 Å². The largest absolute Gasteiger partial charge is 0.484 e. The highest BCUT2D eigenvalue weighted by atomic mass is 16.5. The summed E-state index contributed by atoms with van der Waals surface area (Å²) in [6.07, 6.45) is 7.97. The second-order valence-corrected chi connectivity index (χ2v) is 4.48. The zero-order valence-electron chi connectivity index (χ0n) is 10.8. The Labute approximate surface area is 98.3 Å². The van der Waals surface area contributed by atoms with E-state index in [2.05, 4.69) is 30.7 Å². The molecule has 0 aliphatic rings. The number of aryl methyl sites for hydroxylation is 1. The zero-order chi connectivity index (χ0) is 12.0. The fourth-order valence-corrected chi connectivity index (χ4v) is 1.57. The van der Waals surface area contributed by atoms with Crippen LogP contribution in [0.2, 0.25) is 0 Å². The molecule has 0 N–H and O–H groups in total. The van der Waals surface area contributed by atoms with E-state index < -0.39 is 0 Å². The Hall–Kier alpha value is -1.12. The van der Waals surface area contributed by atoms with Gasteiger partial charge in [0.2, 0.25) is 0 Å². The third kappa shape index (κ3) is 3.80. The fourth-order valence-electron chi connectivity index (χ4n) is 1.57. The van der Waals surface area contributed by atoms with Crippen LogP contribution in [0.1, 0.15) is 52.3 Å². The quantitative estimate of drug-likeness (QED) is 0.738. The topological polar surface area (TPSA) is 35.0 Å². The summed E-state index contributed by atoms with van der Waals surface area (Å²) < 4.78 is 5.98. The Balaban J connectivity index is 2.64. The Bertz CT molecular complexity index is 310. The molecule has 0 aliphatic heterocycles. The van der Waals surface area contributed by atoms with Crippen molar-refractivity contribution in [1.82, 2.24) is 9.97 Å². The van der Waals surface area contributed by atoms with Gasteiger partial charge in [0.1, 0.15) is 11.4 Å². The summed E-state index contributed by atoms with van der Waals surface area (Å²) in [4.78, 5) is 8.28. The Morgan fingerprint density at radius 1 is 1.25 bits per heavy atom. The molecule has 0 bridgehead atoms. The van der Waals surface area contributed by atoms with E-state index in [0.29, 0.717) is 0 Å². The number of rotatable bonds is 6. The van der Waals surface area contributed by atoms with Gasteiger partial charge in [-0.25, -0.2) is 9.97 Å². The maximum absolute atomic E-state index is 5.98. The highest BCUT2D eigenvalue weighted by Crippen LogP contribution is 2.25. The van der Waals surface area contributed by atoms with Crippen LogP contribution in [0.5, 0.6) is 5.75 Å². The lowest BCUT2D eigenvalue weighted by Gasteiger charge is -2.29. The number of aromatic nitrogens is 2. The number of nitrogens with zero attached hydrogens (tertiary/aromatic N) is 2. The van der Waals surface area contributed by atoms with Crippen molar-refractivity contribution in [3.8, 4) is 5.75 Å². The molecule has 0 saturated heterocycles. The summed E-state index contributed by atoms with van der Waals surface area (Å²) in [5.74, 6) is 1.55. The highest BCUT2D eigenvalue weighted by Gasteiger charge is 2.23. The molecule has 0 aliphatic carbocycles. The lowest BCUT2D eigenvalue weighted by molar-refractivity contribution is 0.0715. The second kappa shape index (κ2) is 5.83. The van der Waals surface area contributed by atoms with Gasteiger partial charge in [-0.1, -0.05) is 20.3 Å². The lowest BCUT2D eigenvalue weighted by atomic mass is 9.96. The third-order valence-corrected chi connectivity index (χ3v) is 2.93. The smallest absolute Gasteiger partial charge is 0.156 e. The standard InChI is InChI=1S/C13H22N2O/c1-5-7-8-13(4,6-2)16-12-9-14-11(3)15-10-12/h9-10H,5-8H2,1-4H3. The van der Waals surface area contributed by atoms with Crippen LogP contribution in [-0.2, 0) is 0 Å². The van der Waals surface area contributed by atoms with Crippen LogP contribution in [0.3, 0.4) is 0 Å². The van der Waals surface area contributed by atoms with Crippen LogP contribution in [0, 0.1) is 6.92 Å². The molecule has 3 heteroatoms. The van der Waals surface area contributed by atoms with Crippen molar-refractivity contribution in [3.63, 3.8) is 0 Å². The first-order valence-corrected chi connectivity index (χ1v) is 6.07. The van der Waals surface area contributed by atoms with Crippen LogP contribution in [0.25, 0.3) is 0 Å². The van der Waals surface area contributed by atoms with Gasteiger partial charge < -0.3 is 4.74 Å². The molecule has 1 unspecified atom stereocenters. The van der Waals surface area contributed by atoms with Crippen LogP contribution in [0.15, 0.2) is 12.4 Å². The summed E-state index contributed by atoms with van der Waals surface area (Å²) in [6.45, 7) is 8.39.